The average molecular weight is 426 g/mol. The third-order valence-corrected chi connectivity index (χ3v) is 6.81. The van der Waals surface area contributed by atoms with E-state index in [-0.39, 0.29) is 17.3 Å². The molecule has 0 saturated heterocycles. The number of rotatable bonds is 4. The number of aliphatic imine (C=N–C) groups is 2. The smallest absolute Gasteiger partial charge is 0.265 e. The van der Waals surface area contributed by atoms with Crippen molar-refractivity contribution in [1.82, 2.24) is 0 Å². The lowest BCUT2D eigenvalue weighted by atomic mass is 9.73. The quantitative estimate of drug-likeness (QED) is 0.572. The highest BCUT2D eigenvalue weighted by Gasteiger charge is 2.48. The van der Waals surface area contributed by atoms with Gasteiger partial charge >= 0.3 is 0 Å². The van der Waals surface area contributed by atoms with E-state index < -0.39 is 0 Å². The SMILES string of the molecule is N[N+]12C=CN=CC1=C(C1CC(CO)C1)N=C2c1ccc2c(c1)OC(c1ccccc1)C=C2. The Bertz CT molecular complexity index is 1220. The Morgan fingerprint density at radius 1 is 1.12 bits per heavy atom. The zero-order valence-electron chi connectivity index (χ0n) is 17.6. The molecule has 0 radical (unpaired) electrons. The maximum atomic E-state index is 9.44. The Hall–Kier alpha value is -3.32. The van der Waals surface area contributed by atoms with Crippen LogP contribution in [0.3, 0.4) is 0 Å². The molecule has 2 unspecified atom stereocenters. The van der Waals surface area contributed by atoms with E-state index in [1.807, 2.05) is 36.7 Å². The molecular formula is C26H25N4O2+. The lowest BCUT2D eigenvalue weighted by Gasteiger charge is -2.34. The number of hydrogen-bond acceptors (Lipinski definition) is 5. The van der Waals surface area contributed by atoms with Gasteiger partial charge in [0.2, 0.25) is 5.70 Å². The molecule has 32 heavy (non-hydrogen) atoms. The third-order valence-electron chi connectivity index (χ3n) is 6.81. The van der Waals surface area contributed by atoms with E-state index >= 15 is 0 Å². The largest absolute Gasteiger partial charge is 0.481 e. The van der Waals surface area contributed by atoms with Gasteiger partial charge in [0.05, 0.1) is 18.0 Å². The Morgan fingerprint density at radius 3 is 2.78 bits per heavy atom. The molecule has 3 heterocycles. The molecule has 1 fully saturated rings. The number of benzene rings is 2. The summed E-state index contributed by atoms with van der Waals surface area (Å²) in [5, 5.41) is 9.44. The molecule has 0 aromatic heterocycles. The van der Waals surface area contributed by atoms with Gasteiger partial charge in [0.1, 0.15) is 23.8 Å². The predicted molar refractivity (Wildman–Crippen MR) is 124 cm³/mol. The standard InChI is InChI=1S/C26H25N4O2/c27-30-11-10-28-15-22(30)25(21-12-17(13-21)16-31)29-26(30)20-7-6-19-8-9-23(32-24(19)14-20)18-4-2-1-3-5-18/h1-11,14-15,17,21,23,31H,12-13,16,27H2/q+1. The molecule has 4 aliphatic rings. The molecule has 6 rings (SSSR count). The van der Waals surface area contributed by atoms with Crippen LogP contribution in [-0.2, 0) is 0 Å². The van der Waals surface area contributed by atoms with Gasteiger partial charge in [0, 0.05) is 18.1 Å². The molecule has 160 valence electrons. The fourth-order valence-electron chi connectivity index (χ4n) is 4.92. The maximum absolute atomic E-state index is 9.44. The van der Waals surface area contributed by atoms with E-state index in [9.17, 15) is 5.11 Å². The Kier molecular flexibility index (Phi) is 4.47. The van der Waals surface area contributed by atoms with Crippen LogP contribution in [0.2, 0.25) is 0 Å². The van der Waals surface area contributed by atoms with Gasteiger partial charge in [-0.05, 0) is 42.5 Å². The first-order valence-electron chi connectivity index (χ1n) is 11.0. The molecule has 3 aliphatic heterocycles. The first kappa shape index (κ1) is 19.4. The summed E-state index contributed by atoms with van der Waals surface area (Å²) in [4.78, 5) is 9.36. The zero-order chi connectivity index (χ0) is 21.7. The predicted octanol–water partition coefficient (Wildman–Crippen LogP) is 4.07. The summed E-state index contributed by atoms with van der Waals surface area (Å²) in [5.74, 6) is 9.12. The van der Waals surface area contributed by atoms with Crippen LogP contribution in [0.4, 0.5) is 0 Å². The zero-order valence-corrected chi connectivity index (χ0v) is 17.6. The lowest BCUT2D eigenvalue weighted by Crippen LogP contribution is -2.53. The fourth-order valence-corrected chi connectivity index (χ4v) is 4.92. The van der Waals surface area contributed by atoms with Crippen LogP contribution in [0, 0.1) is 11.8 Å². The van der Waals surface area contributed by atoms with Crippen molar-refractivity contribution in [2.24, 2.45) is 27.7 Å². The van der Waals surface area contributed by atoms with E-state index in [1.165, 1.54) is 0 Å². The number of aliphatic hydroxyl groups excluding tert-OH is 1. The molecular weight excluding hydrogens is 400 g/mol. The van der Waals surface area contributed by atoms with Crippen LogP contribution in [0.5, 0.6) is 5.75 Å². The summed E-state index contributed by atoms with van der Waals surface area (Å²) in [6, 6.07) is 16.3. The van der Waals surface area contributed by atoms with Gasteiger partial charge in [-0.15, -0.1) is 4.59 Å². The molecule has 6 nitrogen and oxygen atoms in total. The topological polar surface area (TPSA) is 80.2 Å². The van der Waals surface area contributed by atoms with Crippen LogP contribution in [0.1, 0.15) is 35.6 Å². The number of fused-ring (bicyclic) bond motifs is 2. The van der Waals surface area contributed by atoms with E-state index in [0.717, 1.165) is 52.5 Å². The summed E-state index contributed by atoms with van der Waals surface area (Å²) in [6.45, 7) is 0.227. The molecule has 0 amide bonds. The number of nitrogens with two attached hydrogens (primary N) is 1. The average Bonchev–Trinajstić information content (AvgIpc) is 3.11. The number of hydrogen-bond donors (Lipinski definition) is 2. The van der Waals surface area contributed by atoms with Gasteiger partial charge in [-0.25, -0.2) is 0 Å². The molecule has 1 aliphatic carbocycles. The number of aliphatic hydroxyl groups is 1. The molecule has 2 atom stereocenters. The van der Waals surface area contributed by atoms with E-state index in [0.29, 0.717) is 11.8 Å². The summed E-state index contributed by atoms with van der Waals surface area (Å²) >= 11 is 0. The lowest BCUT2D eigenvalue weighted by molar-refractivity contribution is -0.750. The Labute approximate surface area is 186 Å². The summed E-state index contributed by atoms with van der Waals surface area (Å²) in [7, 11) is 0. The van der Waals surface area contributed by atoms with Crippen molar-refractivity contribution in [2.45, 2.75) is 18.9 Å². The van der Waals surface area contributed by atoms with Crippen LogP contribution >= 0.6 is 0 Å². The van der Waals surface area contributed by atoms with Gasteiger partial charge in [-0.3, -0.25) is 4.99 Å². The molecule has 2 aromatic rings. The van der Waals surface area contributed by atoms with E-state index in [1.54, 1.807) is 6.20 Å². The van der Waals surface area contributed by atoms with Crippen molar-refractivity contribution in [1.29, 1.82) is 0 Å². The highest BCUT2D eigenvalue weighted by molar-refractivity contribution is 6.01. The Balaban J connectivity index is 1.35. The van der Waals surface area contributed by atoms with Crippen molar-refractivity contribution in [3.05, 3.63) is 95.1 Å². The van der Waals surface area contributed by atoms with Crippen LogP contribution < -0.4 is 10.6 Å². The van der Waals surface area contributed by atoms with Gasteiger partial charge in [-0.2, -0.15) is 10.8 Å². The number of quaternary nitrogens is 1. The van der Waals surface area contributed by atoms with E-state index in [2.05, 4.69) is 41.4 Å². The van der Waals surface area contributed by atoms with Crippen molar-refractivity contribution >= 4 is 18.1 Å². The molecule has 2 aromatic carbocycles. The minimum Gasteiger partial charge on any atom is -0.481 e. The number of amidine groups is 1. The highest BCUT2D eigenvalue weighted by atomic mass is 16.5. The first-order chi connectivity index (χ1) is 15.7. The first-order valence-corrected chi connectivity index (χ1v) is 11.0. The normalized spacial score (nSPS) is 29.8. The van der Waals surface area contributed by atoms with Crippen LogP contribution in [-0.4, -0.2) is 28.4 Å². The number of allylic oxidation sites excluding steroid dienone is 2. The summed E-state index contributed by atoms with van der Waals surface area (Å²) < 4.78 is 6.36. The molecule has 6 heteroatoms. The minimum absolute atomic E-state index is 0.00979. The van der Waals surface area contributed by atoms with Crippen molar-refractivity contribution < 1.29 is 14.4 Å². The third kappa shape index (κ3) is 2.99. The highest BCUT2D eigenvalue weighted by Crippen LogP contribution is 2.45. The molecule has 1 saturated carbocycles. The monoisotopic (exact) mass is 425 g/mol. The van der Waals surface area contributed by atoms with Crippen LogP contribution in [0.15, 0.2) is 88.4 Å². The van der Waals surface area contributed by atoms with Crippen molar-refractivity contribution in [2.75, 3.05) is 6.61 Å². The minimum atomic E-state index is -0.123. The second kappa shape index (κ2) is 7.38. The molecule has 0 bridgehead atoms. The fraction of sp³-hybridized carbons (Fsp3) is 0.231. The van der Waals surface area contributed by atoms with E-state index in [4.69, 9.17) is 15.6 Å². The second-order valence-electron chi connectivity index (χ2n) is 8.84. The van der Waals surface area contributed by atoms with Crippen molar-refractivity contribution in [3.63, 3.8) is 0 Å². The molecule has 3 N–H and O–H groups in total. The van der Waals surface area contributed by atoms with Gasteiger partial charge in [-0.1, -0.05) is 42.5 Å². The van der Waals surface area contributed by atoms with Gasteiger partial charge < -0.3 is 9.84 Å². The van der Waals surface area contributed by atoms with Crippen LogP contribution in [0.25, 0.3) is 6.08 Å². The Morgan fingerprint density at radius 2 is 1.97 bits per heavy atom. The number of nitrogens with zero attached hydrogens (tertiary/aromatic N) is 3. The van der Waals surface area contributed by atoms with Gasteiger partial charge in [0.25, 0.3) is 5.84 Å². The van der Waals surface area contributed by atoms with Crippen molar-refractivity contribution in [3.8, 4) is 5.75 Å². The van der Waals surface area contributed by atoms with Gasteiger partial charge in [0.15, 0.2) is 0 Å². The number of ether oxygens (including phenoxy) is 1. The summed E-state index contributed by atoms with van der Waals surface area (Å²) in [6.07, 6.45) is 11.3. The summed E-state index contributed by atoms with van der Waals surface area (Å²) in [5.41, 5.74) is 4.98. The molecule has 0 spiro atoms. The maximum Gasteiger partial charge on any atom is 0.265 e. The second-order valence-corrected chi connectivity index (χ2v) is 8.84.